The summed E-state index contributed by atoms with van der Waals surface area (Å²) in [6.45, 7) is 0. The van der Waals surface area contributed by atoms with E-state index >= 15 is 0 Å². The molecule has 33 heavy (non-hydrogen) atoms. The Hall–Kier alpha value is -2.45. The first kappa shape index (κ1) is 23.7. The number of carbonyl (C=O) groups is 2. The van der Waals surface area contributed by atoms with Crippen LogP contribution < -0.4 is 0 Å². The molecule has 0 saturated heterocycles. The lowest BCUT2D eigenvalue weighted by atomic mass is 10.0. The van der Waals surface area contributed by atoms with Crippen molar-refractivity contribution in [3.8, 4) is 0 Å². The van der Waals surface area contributed by atoms with E-state index < -0.39 is 0 Å². The van der Waals surface area contributed by atoms with Gasteiger partial charge in [0.25, 0.3) is 0 Å². The highest BCUT2D eigenvalue weighted by molar-refractivity contribution is 8.03. The predicted octanol–water partition coefficient (Wildman–Crippen LogP) is 6.73. The van der Waals surface area contributed by atoms with Gasteiger partial charge in [0.05, 0.1) is 11.5 Å². The van der Waals surface area contributed by atoms with Gasteiger partial charge in [-0.05, 0) is 41.8 Å². The molecule has 0 spiro atoms. The molecule has 3 aromatic carbocycles. The summed E-state index contributed by atoms with van der Waals surface area (Å²) in [5.74, 6) is 0.622. The molecule has 0 unspecified atom stereocenters. The molecule has 1 aromatic heterocycles. The normalized spacial score (nSPS) is 10.8. The molecule has 0 atom stereocenters. The number of carbonyl (C=O) groups excluding carboxylic acids is 2. The van der Waals surface area contributed by atoms with Crippen LogP contribution in [0, 0.1) is 0 Å². The first-order valence-corrected chi connectivity index (χ1v) is 13.3. The third-order valence-electron chi connectivity index (χ3n) is 4.73. The zero-order chi connectivity index (χ0) is 23.0. The third-order valence-corrected chi connectivity index (χ3v) is 8.18. The van der Waals surface area contributed by atoms with Crippen LogP contribution >= 0.6 is 46.5 Å². The Kier molecular flexibility index (Phi) is 8.34. The second-order valence-corrected chi connectivity index (χ2v) is 11.0. The maximum atomic E-state index is 12.6. The average molecular weight is 511 g/mol. The van der Waals surface area contributed by atoms with Gasteiger partial charge >= 0.3 is 0 Å². The largest absolute Gasteiger partial charge is 0.293 e. The van der Waals surface area contributed by atoms with Crippen molar-refractivity contribution >= 4 is 58.0 Å². The van der Waals surface area contributed by atoms with E-state index in [2.05, 4.69) is 22.3 Å². The SMILES string of the molecule is O=C(CSc1nnc(SCC(=O)c2ccc(Cc3ccccc3)cc2)s1)c1ccc(Cl)cc1. The lowest BCUT2D eigenvalue weighted by molar-refractivity contribution is 0.101. The van der Waals surface area contributed by atoms with Gasteiger partial charge in [-0.15, -0.1) is 10.2 Å². The standard InChI is InChI=1S/C25H19ClN2O2S3/c26-21-12-10-20(11-13-21)23(30)16-32-25-28-27-24(33-25)31-15-22(29)19-8-6-18(7-9-19)14-17-4-2-1-3-5-17/h1-13H,14-16H2. The molecule has 1 heterocycles. The fourth-order valence-electron chi connectivity index (χ4n) is 3.01. The summed E-state index contributed by atoms with van der Waals surface area (Å²) in [5, 5.41) is 8.86. The average Bonchev–Trinajstić information content (AvgIpc) is 3.30. The minimum absolute atomic E-state index is 0.00644. The number of rotatable bonds is 10. The highest BCUT2D eigenvalue weighted by atomic mass is 35.5. The molecule has 4 rings (SSSR count). The quantitative estimate of drug-likeness (QED) is 0.174. The van der Waals surface area contributed by atoms with Crippen molar-refractivity contribution in [2.45, 2.75) is 15.1 Å². The van der Waals surface area contributed by atoms with Crippen molar-refractivity contribution in [1.82, 2.24) is 10.2 Å². The van der Waals surface area contributed by atoms with Crippen LogP contribution in [-0.4, -0.2) is 33.3 Å². The van der Waals surface area contributed by atoms with Gasteiger partial charge in [-0.1, -0.05) is 101 Å². The number of benzene rings is 3. The Labute approximate surface area is 209 Å². The summed E-state index contributed by atoms with van der Waals surface area (Å²) in [7, 11) is 0. The summed E-state index contributed by atoms with van der Waals surface area (Å²) in [4.78, 5) is 24.8. The third kappa shape index (κ3) is 7.01. The Bertz CT molecular complexity index is 1230. The first-order chi connectivity index (χ1) is 16.1. The molecule has 0 fully saturated rings. The Morgan fingerprint density at radius 3 is 1.73 bits per heavy atom. The molecule has 0 saturated carbocycles. The van der Waals surface area contributed by atoms with E-state index in [4.69, 9.17) is 11.6 Å². The van der Waals surface area contributed by atoms with Crippen molar-refractivity contribution in [1.29, 1.82) is 0 Å². The fraction of sp³-hybridized carbons (Fsp3) is 0.120. The van der Waals surface area contributed by atoms with Crippen molar-refractivity contribution < 1.29 is 9.59 Å². The van der Waals surface area contributed by atoms with Crippen molar-refractivity contribution in [2.24, 2.45) is 0 Å². The maximum Gasteiger partial charge on any atom is 0.175 e. The number of nitrogens with zero attached hydrogens (tertiary/aromatic N) is 2. The van der Waals surface area contributed by atoms with E-state index in [1.165, 1.54) is 46.0 Å². The lowest BCUT2D eigenvalue weighted by Gasteiger charge is -2.04. The molecule has 0 aliphatic carbocycles. The van der Waals surface area contributed by atoms with Gasteiger partial charge in [0, 0.05) is 16.1 Å². The van der Waals surface area contributed by atoms with Crippen LogP contribution in [0.1, 0.15) is 31.8 Å². The van der Waals surface area contributed by atoms with E-state index in [9.17, 15) is 9.59 Å². The first-order valence-electron chi connectivity index (χ1n) is 10.1. The summed E-state index contributed by atoms with van der Waals surface area (Å²) < 4.78 is 1.42. The van der Waals surface area contributed by atoms with Crippen molar-refractivity contribution in [2.75, 3.05) is 11.5 Å². The van der Waals surface area contributed by atoms with Crippen molar-refractivity contribution in [3.05, 3.63) is 106 Å². The second kappa shape index (κ2) is 11.6. The predicted molar refractivity (Wildman–Crippen MR) is 137 cm³/mol. The van der Waals surface area contributed by atoms with Gasteiger partial charge in [-0.2, -0.15) is 0 Å². The number of aromatic nitrogens is 2. The van der Waals surface area contributed by atoms with Crippen LogP contribution in [0.3, 0.4) is 0 Å². The zero-order valence-corrected chi connectivity index (χ0v) is 20.6. The maximum absolute atomic E-state index is 12.6. The number of thioether (sulfide) groups is 2. The van der Waals surface area contributed by atoms with E-state index in [1.807, 2.05) is 42.5 Å². The van der Waals surface area contributed by atoms with Crippen molar-refractivity contribution in [3.63, 3.8) is 0 Å². The second-order valence-electron chi connectivity index (χ2n) is 7.12. The van der Waals surface area contributed by atoms with E-state index in [0.717, 1.165) is 6.42 Å². The van der Waals surface area contributed by atoms with Crippen LogP contribution in [0.15, 0.2) is 87.5 Å². The van der Waals surface area contributed by atoms with Crippen LogP contribution in [0.4, 0.5) is 0 Å². The topological polar surface area (TPSA) is 59.9 Å². The Balaban J connectivity index is 1.25. The number of halogens is 1. The highest BCUT2D eigenvalue weighted by Gasteiger charge is 2.13. The lowest BCUT2D eigenvalue weighted by Crippen LogP contribution is -2.02. The molecule has 0 bridgehead atoms. The summed E-state index contributed by atoms with van der Waals surface area (Å²) in [5.41, 5.74) is 3.72. The van der Waals surface area contributed by atoms with Gasteiger partial charge in [-0.25, -0.2) is 0 Å². The van der Waals surface area contributed by atoms with Gasteiger partial charge < -0.3 is 0 Å². The molecule has 8 heteroatoms. The molecular formula is C25H19ClN2O2S3. The van der Waals surface area contributed by atoms with Crippen LogP contribution in [0.5, 0.6) is 0 Å². The highest BCUT2D eigenvalue weighted by Crippen LogP contribution is 2.29. The molecule has 0 N–H and O–H groups in total. The number of Topliss-reactive ketones (excluding diaryl/α,β-unsaturated/α-hetero) is 2. The molecule has 0 aliphatic rings. The molecule has 4 nitrogen and oxygen atoms in total. The van der Waals surface area contributed by atoms with Crippen LogP contribution in [0.25, 0.3) is 0 Å². The van der Waals surface area contributed by atoms with Crippen LogP contribution in [0.2, 0.25) is 5.02 Å². The van der Waals surface area contributed by atoms with E-state index in [1.54, 1.807) is 24.3 Å². The molecular weight excluding hydrogens is 492 g/mol. The molecule has 0 radical (unpaired) electrons. The fourth-order valence-corrected chi connectivity index (χ4v) is 5.95. The van der Waals surface area contributed by atoms with Gasteiger partial charge in [0.15, 0.2) is 20.2 Å². The van der Waals surface area contributed by atoms with E-state index in [-0.39, 0.29) is 17.3 Å². The molecule has 166 valence electrons. The minimum atomic E-state index is 0.00644. The molecule has 4 aromatic rings. The number of ketones is 2. The summed E-state index contributed by atoms with van der Waals surface area (Å²) in [6, 6.07) is 24.8. The number of hydrogen-bond donors (Lipinski definition) is 0. The minimum Gasteiger partial charge on any atom is -0.293 e. The van der Waals surface area contributed by atoms with E-state index in [0.29, 0.717) is 30.6 Å². The smallest absolute Gasteiger partial charge is 0.175 e. The Morgan fingerprint density at radius 1 is 0.697 bits per heavy atom. The molecule has 0 amide bonds. The van der Waals surface area contributed by atoms with Gasteiger partial charge in [-0.3, -0.25) is 9.59 Å². The monoisotopic (exact) mass is 510 g/mol. The Morgan fingerprint density at radius 2 is 1.18 bits per heavy atom. The summed E-state index contributed by atoms with van der Waals surface area (Å²) in [6.07, 6.45) is 0.843. The van der Waals surface area contributed by atoms with Gasteiger partial charge in [0.1, 0.15) is 0 Å². The zero-order valence-electron chi connectivity index (χ0n) is 17.4. The van der Waals surface area contributed by atoms with Crippen LogP contribution in [-0.2, 0) is 6.42 Å². The number of hydrogen-bond acceptors (Lipinski definition) is 7. The summed E-state index contributed by atoms with van der Waals surface area (Å²) >= 11 is 9.96. The van der Waals surface area contributed by atoms with Gasteiger partial charge in [0.2, 0.25) is 0 Å². The molecule has 0 aliphatic heterocycles.